The number of aromatic nitrogens is 6. The molecule has 5 aromatic rings. The van der Waals surface area contributed by atoms with Crippen molar-refractivity contribution in [3.63, 3.8) is 0 Å². The molecule has 1 fully saturated rings. The van der Waals surface area contributed by atoms with Crippen LogP contribution in [0.3, 0.4) is 0 Å². The highest BCUT2D eigenvalue weighted by Gasteiger charge is 2.30. The Morgan fingerprint density at radius 3 is 2.68 bits per heavy atom. The molecule has 2 aromatic carbocycles. The van der Waals surface area contributed by atoms with E-state index in [9.17, 15) is 4.79 Å². The van der Waals surface area contributed by atoms with Crippen LogP contribution in [0.25, 0.3) is 22.4 Å². The zero-order valence-electron chi connectivity index (χ0n) is 19.9. The molecule has 0 spiro atoms. The van der Waals surface area contributed by atoms with Crippen LogP contribution in [-0.2, 0) is 4.74 Å². The largest absolute Gasteiger partial charge is 0.465 e. The van der Waals surface area contributed by atoms with E-state index in [1.807, 2.05) is 30.3 Å². The van der Waals surface area contributed by atoms with Gasteiger partial charge < -0.3 is 9.64 Å². The smallest absolute Gasteiger partial charge is 0.337 e. The number of fused-ring (bicyclic) bond motifs is 1. The van der Waals surface area contributed by atoms with Gasteiger partial charge in [-0.2, -0.15) is 5.10 Å². The molecule has 0 saturated carbocycles. The van der Waals surface area contributed by atoms with E-state index in [4.69, 9.17) is 9.72 Å². The van der Waals surface area contributed by atoms with Crippen LogP contribution >= 0.6 is 0 Å². The molecule has 0 radical (unpaired) electrons. The number of carbonyl (C=O) groups excluding carboxylic acids is 1. The van der Waals surface area contributed by atoms with Crippen LogP contribution in [0.4, 0.5) is 5.95 Å². The van der Waals surface area contributed by atoms with Crippen molar-refractivity contribution in [2.24, 2.45) is 0 Å². The molecule has 37 heavy (non-hydrogen) atoms. The van der Waals surface area contributed by atoms with Gasteiger partial charge in [0.15, 0.2) is 5.82 Å². The van der Waals surface area contributed by atoms with Gasteiger partial charge >= 0.3 is 5.97 Å². The zero-order chi connectivity index (χ0) is 25.2. The van der Waals surface area contributed by atoms with E-state index in [2.05, 4.69) is 41.9 Å². The number of hydrogen-bond donors (Lipinski definition) is 1. The maximum absolute atomic E-state index is 11.7. The van der Waals surface area contributed by atoms with Crippen LogP contribution in [0, 0.1) is 11.8 Å². The number of anilines is 1. The number of benzene rings is 2. The van der Waals surface area contributed by atoms with E-state index < -0.39 is 0 Å². The molecule has 0 aliphatic carbocycles. The number of H-pyrrole nitrogens is 1. The summed E-state index contributed by atoms with van der Waals surface area (Å²) in [6.45, 7) is 1.57. The topological polar surface area (TPSA) is 110 Å². The normalized spacial score (nSPS) is 13.1. The molecule has 0 atom stereocenters. The highest BCUT2D eigenvalue weighted by Crippen LogP contribution is 2.30. The maximum atomic E-state index is 11.7. The van der Waals surface area contributed by atoms with Crippen LogP contribution in [0.5, 0.6) is 0 Å². The van der Waals surface area contributed by atoms with Gasteiger partial charge in [0, 0.05) is 42.4 Å². The zero-order valence-corrected chi connectivity index (χ0v) is 19.9. The van der Waals surface area contributed by atoms with Gasteiger partial charge in [-0.05, 0) is 53.9 Å². The number of carbonyl (C=O) groups is 1. The molecule has 0 bridgehead atoms. The first kappa shape index (κ1) is 22.4. The quantitative estimate of drug-likeness (QED) is 0.303. The molecule has 0 unspecified atom stereocenters. The number of nitrogens with one attached hydrogen (secondary N) is 1. The lowest BCUT2D eigenvalue weighted by molar-refractivity contribution is 0.0600. The molecule has 9 heteroatoms. The Morgan fingerprint density at radius 2 is 1.84 bits per heavy atom. The first-order valence-electron chi connectivity index (χ1n) is 11.7. The SMILES string of the molecule is COC(=O)c1ccc(C2CN(c3nccc(-c4nccc(C#Cc5ccc6[nH]ncc6c5)n4)n3)C2)cc1. The van der Waals surface area contributed by atoms with E-state index in [1.54, 1.807) is 42.9 Å². The van der Waals surface area contributed by atoms with Crippen molar-refractivity contribution in [3.8, 4) is 23.4 Å². The van der Waals surface area contributed by atoms with Crippen molar-refractivity contribution in [3.05, 3.63) is 95.6 Å². The fourth-order valence-electron chi connectivity index (χ4n) is 4.20. The average molecular weight is 488 g/mol. The second-order valence-corrected chi connectivity index (χ2v) is 8.64. The molecule has 9 nitrogen and oxygen atoms in total. The predicted molar refractivity (Wildman–Crippen MR) is 138 cm³/mol. The van der Waals surface area contributed by atoms with Crippen molar-refractivity contribution in [1.29, 1.82) is 0 Å². The van der Waals surface area contributed by atoms with Gasteiger partial charge in [0.05, 0.1) is 24.4 Å². The Bertz CT molecular complexity index is 1660. The molecule has 180 valence electrons. The highest BCUT2D eigenvalue weighted by molar-refractivity contribution is 5.89. The monoisotopic (exact) mass is 487 g/mol. The lowest BCUT2D eigenvalue weighted by atomic mass is 9.91. The second-order valence-electron chi connectivity index (χ2n) is 8.64. The Labute approximate surface area is 212 Å². The van der Waals surface area contributed by atoms with E-state index in [-0.39, 0.29) is 5.97 Å². The van der Waals surface area contributed by atoms with Crippen molar-refractivity contribution >= 4 is 22.8 Å². The van der Waals surface area contributed by atoms with Gasteiger partial charge in [-0.3, -0.25) is 5.10 Å². The van der Waals surface area contributed by atoms with Gasteiger partial charge in [0.25, 0.3) is 0 Å². The van der Waals surface area contributed by atoms with Gasteiger partial charge in [0.2, 0.25) is 5.95 Å². The van der Waals surface area contributed by atoms with Crippen LogP contribution < -0.4 is 4.90 Å². The number of rotatable bonds is 4. The first-order valence-corrected chi connectivity index (χ1v) is 11.7. The molecule has 4 heterocycles. The lowest BCUT2D eigenvalue weighted by Gasteiger charge is -2.39. The van der Waals surface area contributed by atoms with Gasteiger partial charge in [-0.15, -0.1) is 0 Å². The number of aromatic amines is 1. The maximum Gasteiger partial charge on any atom is 0.337 e. The summed E-state index contributed by atoms with van der Waals surface area (Å²) >= 11 is 0. The van der Waals surface area contributed by atoms with E-state index in [1.165, 1.54) is 12.7 Å². The summed E-state index contributed by atoms with van der Waals surface area (Å²) in [5.74, 6) is 7.40. The number of ether oxygens (including phenoxy) is 1. The predicted octanol–water partition coefficient (Wildman–Crippen LogP) is 3.60. The summed E-state index contributed by atoms with van der Waals surface area (Å²) in [6.07, 6.45) is 5.18. The fraction of sp³-hybridized carbons (Fsp3) is 0.143. The minimum Gasteiger partial charge on any atom is -0.465 e. The fourth-order valence-corrected chi connectivity index (χ4v) is 4.20. The van der Waals surface area contributed by atoms with E-state index in [0.29, 0.717) is 34.6 Å². The van der Waals surface area contributed by atoms with Crippen molar-refractivity contribution in [2.75, 3.05) is 25.1 Å². The first-order chi connectivity index (χ1) is 18.2. The third-order valence-electron chi connectivity index (χ3n) is 6.27. The Hall–Kier alpha value is -5.10. The van der Waals surface area contributed by atoms with Crippen molar-refractivity contribution < 1.29 is 9.53 Å². The lowest BCUT2D eigenvalue weighted by Crippen LogP contribution is -2.46. The summed E-state index contributed by atoms with van der Waals surface area (Å²) in [5.41, 5.74) is 4.81. The van der Waals surface area contributed by atoms with Crippen LogP contribution in [0.15, 0.2) is 73.2 Å². The molecule has 1 saturated heterocycles. The van der Waals surface area contributed by atoms with Crippen molar-refractivity contribution in [1.82, 2.24) is 30.1 Å². The van der Waals surface area contributed by atoms with E-state index in [0.717, 1.165) is 29.6 Å². The molecule has 1 N–H and O–H groups in total. The minimum atomic E-state index is -0.333. The summed E-state index contributed by atoms with van der Waals surface area (Å²) in [4.78, 5) is 31.9. The molecular weight excluding hydrogens is 466 g/mol. The minimum absolute atomic E-state index is 0.333. The molecule has 0 amide bonds. The molecule has 3 aromatic heterocycles. The third-order valence-corrected chi connectivity index (χ3v) is 6.27. The standard InChI is InChI=1S/C28H21N7O2/c1-37-27(36)20-6-4-19(5-7-20)22-16-35(17-22)28-30-13-11-25(33-28)26-29-12-10-23(32-26)8-2-18-3-9-24-21(14-18)15-31-34-24/h3-7,9-15,22H,16-17H2,1H3,(H,31,34). The van der Waals surface area contributed by atoms with Gasteiger partial charge in [0.1, 0.15) is 11.4 Å². The Morgan fingerprint density at radius 1 is 1.00 bits per heavy atom. The molecule has 6 rings (SSSR count). The summed E-state index contributed by atoms with van der Waals surface area (Å²) in [5, 5.41) is 7.99. The number of nitrogens with zero attached hydrogens (tertiary/aromatic N) is 6. The van der Waals surface area contributed by atoms with Crippen LogP contribution in [0.1, 0.15) is 33.1 Å². The average Bonchev–Trinajstić information content (AvgIpc) is 3.39. The molecule has 1 aliphatic heterocycles. The van der Waals surface area contributed by atoms with E-state index >= 15 is 0 Å². The third kappa shape index (κ3) is 4.60. The molecular formula is C28H21N7O2. The summed E-state index contributed by atoms with van der Waals surface area (Å²) < 4.78 is 4.77. The summed E-state index contributed by atoms with van der Waals surface area (Å²) in [7, 11) is 1.38. The highest BCUT2D eigenvalue weighted by atomic mass is 16.5. The van der Waals surface area contributed by atoms with Crippen LogP contribution in [-0.4, -0.2) is 56.3 Å². The number of methoxy groups -OCH3 is 1. The number of esters is 1. The second kappa shape index (κ2) is 9.51. The van der Waals surface area contributed by atoms with Crippen molar-refractivity contribution in [2.45, 2.75) is 5.92 Å². The number of hydrogen-bond acceptors (Lipinski definition) is 8. The summed E-state index contributed by atoms with van der Waals surface area (Å²) in [6, 6.07) is 17.0. The van der Waals surface area contributed by atoms with Gasteiger partial charge in [-0.25, -0.2) is 24.7 Å². The Kier molecular flexibility index (Phi) is 5.75. The van der Waals surface area contributed by atoms with Gasteiger partial charge in [-0.1, -0.05) is 18.1 Å². The Balaban J connectivity index is 1.15. The van der Waals surface area contributed by atoms with Crippen LogP contribution in [0.2, 0.25) is 0 Å². The molecule has 1 aliphatic rings.